The fraction of sp³-hybridized carbons (Fsp3) is 0.619. The Balaban J connectivity index is 1.20. The van der Waals surface area contributed by atoms with Crippen molar-refractivity contribution in [3.8, 4) is 0 Å². The maximum Gasteiger partial charge on any atom is 0.220 e. The van der Waals surface area contributed by atoms with Crippen LogP contribution in [0.15, 0.2) is 24.3 Å². The first-order chi connectivity index (χ1) is 14.3. The van der Waals surface area contributed by atoms with Crippen LogP contribution < -0.4 is 5.32 Å². The number of nitrogens with zero attached hydrogens (tertiary/aromatic N) is 5. The first-order valence-corrected chi connectivity index (χ1v) is 10.7. The van der Waals surface area contributed by atoms with Gasteiger partial charge < -0.3 is 10.1 Å². The number of hydrogen-bond acceptors (Lipinski definition) is 6. The number of fused-ring (bicyclic) bond motifs is 1. The molecule has 1 fully saturated rings. The molecule has 156 valence electrons. The molecule has 3 heterocycles. The molecule has 0 radical (unpaired) electrons. The molecule has 8 heteroatoms. The van der Waals surface area contributed by atoms with Gasteiger partial charge >= 0.3 is 0 Å². The van der Waals surface area contributed by atoms with Gasteiger partial charge in [0.25, 0.3) is 0 Å². The Bertz CT molecular complexity index is 802. The van der Waals surface area contributed by atoms with E-state index in [-0.39, 0.29) is 5.91 Å². The van der Waals surface area contributed by atoms with Crippen molar-refractivity contribution >= 4 is 5.91 Å². The molecule has 8 nitrogen and oxygen atoms in total. The van der Waals surface area contributed by atoms with E-state index in [2.05, 4.69) is 50.0 Å². The van der Waals surface area contributed by atoms with E-state index in [1.54, 1.807) is 0 Å². The zero-order valence-electron chi connectivity index (χ0n) is 16.9. The second kappa shape index (κ2) is 9.93. The molecule has 0 aliphatic carbocycles. The number of rotatable bonds is 8. The summed E-state index contributed by atoms with van der Waals surface area (Å²) in [4.78, 5) is 14.5. The van der Waals surface area contributed by atoms with Gasteiger partial charge in [0.2, 0.25) is 5.91 Å². The maximum absolute atomic E-state index is 12.1. The highest BCUT2D eigenvalue weighted by Crippen LogP contribution is 2.19. The van der Waals surface area contributed by atoms with Crippen molar-refractivity contribution in [3.05, 3.63) is 41.2 Å². The number of tetrazole rings is 1. The van der Waals surface area contributed by atoms with Crippen LogP contribution >= 0.6 is 0 Å². The molecule has 1 amide bonds. The summed E-state index contributed by atoms with van der Waals surface area (Å²) in [6.45, 7) is 5.72. The van der Waals surface area contributed by atoms with E-state index >= 15 is 0 Å². The summed E-state index contributed by atoms with van der Waals surface area (Å²) < 4.78 is 7.20. The molecule has 1 N–H and O–H groups in total. The van der Waals surface area contributed by atoms with Crippen molar-refractivity contribution in [2.45, 2.75) is 51.7 Å². The minimum absolute atomic E-state index is 0.110. The molecule has 1 aromatic heterocycles. The van der Waals surface area contributed by atoms with Gasteiger partial charge in [0.05, 0.1) is 6.54 Å². The highest BCUT2D eigenvalue weighted by molar-refractivity contribution is 5.75. The molecular weight excluding hydrogens is 368 g/mol. The van der Waals surface area contributed by atoms with Gasteiger partial charge in [-0.25, -0.2) is 4.68 Å². The van der Waals surface area contributed by atoms with Gasteiger partial charge in [-0.3, -0.25) is 9.69 Å². The van der Waals surface area contributed by atoms with Crippen LogP contribution in [0.1, 0.15) is 42.6 Å². The monoisotopic (exact) mass is 398 g/mol. The van der Waals surface area contributed by atoms with Gasteiger partial charge in [-0.05, 0) is 53.2 Å². The predicted molar refractivity (Wildman–Crippen MR) is 108 cm³/mol. The van der Waals surface area contributed by atoms with Crippen LogP contribution in [0.25, 0.3) is 0 Å². The summed E-state index contributed by atoms with van der Waals surface area (Å²) in [6, 6.07) is 8.61. The molecule has 1 saturated heterocycles. The Hall–Kier alpha value is -2.32. The van der Waals surface area contributed by atoms with E-state index in [0.29, 0.717) is 18.9 Å². The third kappa shape index (κ3) is 5.61. The van der Waals surface area contributed by atoms with E-state index in [1.807, 2.05) is 4.68 Å². The number of hydrogen-bond donors (Lipinski definition) is 1. The Labute approximate surface area is 171 Å². The minimum atomic E-state index is 0.110. The zero-order valence-corrected chi connectivity index (χ0v) is 16.9. The van der Waals surface area contributed by atoms with Crippen LogP contribution in [-0.2, 0) is 35.6 Å². The van der Waals surface area contributed by atoms with Crippen molar-refractivity contribution in [1.29, 1.82) is 0 Å². The number of carbonyl (C=O) groups excluding carboxylic acids is 1. The quantitative estimate of drug-likeness (QED) is 0.726. The number of ether oxygens (including phenoxy) is 1. The zero-order chi connectivity index (χ0) is 19.9. The lowest BCUT2D eigenvalue weighted by atomic mass is 10.00. The number of benzene rings is 1. The fourth-order valence-corrected chi connectivity index (χ4v) is 4.09. The third-order valence-corrected chi connectivity index (χ3v) is 5.88. The van der Waals surface area contributed by atoms with E-state index in [9.17, 15) is 4.79 Å². The van der Waals surface area contributed by atoms with Gasteiger partial charge in [-0.1, -0.05) is 24.3 Å². The van der Waals surface area contributed by atoms with Crippen LogP contribution in [-0.4, -0.2) is 57.3 Å². The van der Waals surface area contributed by atoms with Crippen LogP contribution in [0, 0.1) is 5.92 Å². The molecule has 0 bridgehead atoms. The van der Waals surface area contributed by atoms with Crippen LogP contribution in [0.2, 0.25) is 0 Å². The highest BCUT2D eigenvalue weighted by atomic mass is 16.5. The molecular formula is C21H30N6O2. The summed E-state index contributed by atoms with van der Waals surface area (Å²) in [5.74, 6) is 1.53. The third-order valence-electron chi connectivity index (χ3n) is 5.88. The van der Waals surface area contributed by atoms with Crippen LogP contribution in [0.4, 0.5) is 0 Å². The van der Waals surface area contributed by atoms with Gasteiger partial charge in [-0.15, -0.1) is 5.10 Å². The van der Waals surface area contributed by atoms with Crippen LogP contribution in [0.5, 0.6) is 0 Å². The predicted octanol–water partition coefficient (Wildman–Crippen LogP) is 1.55. The smallest absolute Gasteiger partial charge is 0.220 e. The molecule has 4 rings (SSSR count). The Kier molecular flexibility index (Phi) is 6.84. The van der Waals surface area contributed by atoms with Gasteiger partial charge in [-0.2, -0.15) is 0 Å². The summed E-state index contributed by atoms with van der Waals surface area (Å²) >= 11 is 0. The fourth-order valence-electron chi connectivity index (χ4n) is 4.09. The summed E-state index contributed by atoms with van der Waals surface area (Å²) in [5, 5.41) is 15.2. The van der Waals surface area contributed by atoms with Crippen molar-refractivity contribution in [2.75, 3.05) is 26.3 Å². The average molecular weight is 399 g/mol. The highest BCUT2D eigenvalue weighted by Gasteiger charge is 2.19. The van der Waals surface area contributed by atoms with Crippen molar-refractivity contribution in [3.63, 3.8) is 0 Å². The normalized spacial score (nSPS) is 17.8. The standard InChI is InChI=1S/C21H30N6O2/c28-21(22-14-17-8-12-29-13-9-17)6-3-10-27-20(23-24-25-27)16-26-11-7-18-4-1-2-5-19(18)15-26/h1-2,4-5,17H,3,6-16H2,(H,22,28). The topological polar surface area (TPSA) is 85.2 Å². The first-order valence-electron chi connectivity index (χ1n) is 10.7. The Morgan fingerprint density at radius 3 is 2.90 bits per heavy atom. The average Bonchev–Trinajstić information content (AvgIpc) is 3.20. The Morgan fingerprint density at radius 2 is 2.03 bits per heavy atom. The second-order valence-electron chi connectivity index (χ2n) is 8.01. The van der Waals surface area contributed by atoms with E-state index in [0.717, 1.165) is 70.9 Å². The number of aryl methyl sites for hydroxylation is 1. The molecule has 2 aliphatic heterocycles. The lowest BCUT2D eigenvalue weighted by molar-refractivity contribution is -0.121. The number of carbonyl (C=O) groups is 1. The molecule has 29 heavy (non-hydrogen) atoms. The molecule has 0 atom stereocenters. The largest absolute Gasteiger partial charge is 0.381 e. The van der Waals surface area contributed by atoms with Crippen molar-refractivity contribution in [1.82, 2.24) is 30.4 Å². The van der Waals surface area contributed by atoms with E-state index in [4.69, 9.17) is 4.74 Å². The van der Waals surface area contributed by atoms with Gasteiger partial charge in [0, 0.05) is 45.8 Å². The summed E-state index contributed by atoms with van der Waals surface area (Å²) in [5.41, 5.74) is 2.83. The molecule has 1 aromatic carbocycles. The number of amides is 1. The molecule has 2 aliphatic rings. The minimum Gasteiger partial charge on any atom is -0.381 e. The lowest BCUT2D eigenvalue weighted by Crippen LogP contribution is -2.32. The summed E-state index contributed by atoms with van der Waals surface area (Å²) in [7, 11) is 0. The Morgan fingerprint density at radius 1 is 1.21 bits per heavy atom. The number of aromatic nitrogens is 4. The van der Waals surface area contributed by atoms with Crippen molar-refractivity contribution < 1.29 is 9.53 Å². The summed E-state index contributed by atoms with van der Waals surface area (Å²) in [6.07, 6.45) is 4.37. The first kappa shape index (κ1) is 20.0. The molecule has 0 spiro atoms. The number of nitrogens with one attached hydrogen (secondary N) is 1. The maximum atomic E-state index is 12.1. The SMILES string of the molecule is O=C(CCCn1nnnc1CN1CCc2ccccc2C1)NCC1CCOCC1. The molecule has 0 saturated carbocycles. The second-order valence-corrected chi connectivity index (χ2v) is 8.01. The van der Waals surface area contributed by atoms with Gasteiger partial charge in [0.1, 0.15) is 0 Å². The molecule has 2 aromatic rings. The van der Waals surface area contributed by atoms with Crippen LogP contribution in [0.3, 0.4) is 0 Å². The lowest BCUT2D eigenvalue weighted by Gasteiger charge is -2.28. The van der Waals surface area contributed by atoms with Crippen molar-refractivity contribution in [2.24, 2.45) is 5.92 Å². The molecule has 0 unspecified atom stereocenters. The van der Waals surface area contributed by atoms with Gasteiger partial charge in [0.15, 0.2) is 5.82 Å². The van der Waals surface area contributed by atoms with E-state index < -0.39 is 0 Å². The van der Waals surface area contributed by atoms with E-state index in [1.165, 1.54) is 11.1 Å².